The van der Waals surface area contributed by atoms with E-state index in [1.807, 2.05) is 18.0 Å². The lowest BCUT2D eigenvalue weighted by Crippen LogP contribution is -2.43. The first-order valence-corrected chi connectivity index (χ1v) is 7.60. The van der Waals surface area contributed by atoms with Crippen molar-refractivity contribution in [3.63, 3.8) is 0 Å². The van der Waals surface area contributed by atoms with Crippen molar-refractivity contribution < 1.29 is 14.3 Å². The van der Waals surface area contributed by atoms with Crippen LogP contribution in [0.3, 0.4) is 0 Å². The normalized spacial score (nSPS) is 28.4. The van der Waals surface area contributed by atoms with Crippen LogP contribution in [0.15, 0.2) is 18.2 Å². The first-order valence-electron chi connectivity index (χ1n) is 7.60. The highest BCUT2D eigenvalue weighted by molar-refractivity contribution is 5.81. The van der Waals surface area contributed by atoms with Gasteiger partial charge in [0.1, 0.15) is 0 Å². The van der Waals surface area contributed by atoms with E-state index in [0.717, 1.165) is 24.3 Å². The summed E-state index contributed by atoms with van der Waals surface area (Å²) in [6.45, 7) is 0. The predicted molar refractivity (Wildman–Crippen MR) is 80.9 cm³/mol. The molecule has 0 N–H and O–H groups in total. The van der Waals surface area contributed by atoms with Crippen LogP contribution >= 0.6 is 0 Å². The Morgan fingerprint density at radius 3 is 2.67 bits per heavy atom. The molecule has 0 unspecified atom stereocenters. The number of hydrogen-bond acceptors (Lipinski definition) is 3. The molecule has 0 aromatic heterocycles. The summed E-state index contributed by atoms with van der Waals surface area (Å²) in [5.41, 5.74) is 1.16. The van der Waals surface area contributed by atoms with E-state index >= 15 is 0 Å². The van der Waals surface area contributed by atoms with E-state index in [1.165, 1.54) is 18.4 Å². The molecule has 1 saturated carbocycles. The van der Waals surface area contributed by atoms with E-state index < -0.39 is 0 Å². The predicted octanol–water partition coefficient (Wildman–Crippen LogP) is 2.75. The quantitative estimate of drug-likeness (QED) is 0.859. The third-order valence-electron chi connectivity index (χ3n) is 5.27. The van der Waals surface area contributed by atoms with Gasteiger partial charge in [0.05, 0.1) is 14.2 Å². The Bertz CT molecular complexity index is 557. The molecular formula is C17H23NO3. The number of likely N-dealkylation sites (N-methyl/N-ethyl adjacent to an activating group) is 1. The molecule has 1 aliphatic heterocycles. The lowest BCUT2D eigenvalue weighted by atomic mass is 9.66. The molecule has 1 aromatic carbocycles. The van der Waals surface area contributed by atoms with Crippen LogP contribution in [0.1, 0.15) is 37.7 Å². The van der Waals surface area contributed by atoms with Crippen molar-refractivity contribution in [3.8, 4) is 11.5 Å². The molecule has 0 radical (unpaired) electrons. The van der Waals surface area contributed by atoms with E-state index in [2.05, 4.69) is 12.1 Å². The average molecular weight is 289 g/mol. The lowest BCUT2D eigenvalue weighted by Gasteiger charge is -2.41. The average Bonchev–Trinajstić information content (AvgIpc) is 2.79. The SMILES string of the molecule is COc1ccc([C@]23CCCC[C@@H]2N(C)C(=O)C3)cc1OC. The maximum atomic E-state index is 12.3. The van der Waals surface area contributed by atoms with Gasteiger partial charge in [0.2, 0.25) is 5.91 Å². The molecule has 2 atom stereocenters. The Balaban J connectivity index is 2.06. The second kappa shape index (κ2) is 5.24. The number of carbonyl (C=O) groups excluding carboxylic acids is 1. The Hall–Kier alpha value is -1.71. The lowest BCUT2D eigenvalue weighted by molar-refractivity contribution is -0.127. The standard InChI is InChI=1S/C17H23NO3/c1-18-15-6-4-5-9-17(15,11-16(18)19)12-7-8-13(20-2)14(10-12)21-3/h7-8,10,15H,4-6,9,11H2,1-3H3/t15-,17+/m0/s1. The molecule has 21 heavy (non-hydrogen) atoms. The Morgan fingerprint density at radius 2 is 1.95 bits per heavy atom. The van der Waals surface area contributed by atoms with Crippen LogP contribution < -0.4 is 9.47 Å². The number of carbonyl (C=O) groups is 1. The zero-order chi connectivity index (χ0) is 15.0. The van der Waals surface area contributed by atoms with Crippen molar-refractivity contribution in [3.05, 3.63) is 23.8 Å². The summed E-state index contributed by atoms with van der Waals surface area (Å²) in [5.74, 6) is 1.75. The van der Waals surface area contributed by atoms with E-state index in [4.69, 9.17) is 9.47 Å². The molecule has 114 valence electrons. The van der Waals surface area contributed by atoms with Gasteiger partial charge in [-0.2, -0.15) is 0 Å². The molecular weight excluding hydrogens is 266 g/mol. The van der Waals surface area contributed by atoms with Crippen LogP contribution in [0, 0.1) is 0 Å². The summed E-state index contributed by atoms with van der Waals surface area (Å²) < 4.78 is 10.8. The van der Waals surface area contributed by atoms with Crippen molar-refractivity contribution >= 4 is 5.91 Å². The number of hydrogen-bond donors (Lipinski definition) is 0. The molecule has 0 spiro atoms. The molecule has 1 aromatic rings. The van der Waals surface area contributed by atoms with Gasteiger partial charge in [-0.05, 0) is 30.5 Å². The minimum atomic E-state index is -0.0519. The fraction of sp³-hybridized carbons (Fsp3) is 0.588. The second-order valence-corrected chi connectivity index (χ2v) is 6.17. The number of likely N-dealkylation sites (tertiary alicyclic amines) is 1. The molecule has 3 rings (SSSR count). The van der Waals surface area contributed by atoms with Crippen LogP contribution in [-0.2, 0) is 10.2 Å². The summed E-state index contributed by atoms with van der Waals surface area (Å²) in [5, 5.41) is 0. The molecule has 2 aliphatic rings. The van der Waals surface area contributed by atoms with E-state index in [1.54, 1.807) is 14.2 Å². The third kappa shape index (κ3) is 2.08. The molecule has 4 heteroatoms. The van der Waals surface area contributed by atoms with Crippen LogP contribution in [0.4, 0.5) is 0 Å². The van der Waals surface area contributed by atoms with Crippen LogP contribution in [0.5, 0.6) is 11.5 Å². The maximum absolute atomic E-state index is 12.3. The van der Waals surface area contributed by atoms with Gasteiger partial charge in [-0.25, -0.2) is 0 Å². The molecule has 1 aliphatic carbocycles. The minimum absolute atomic E-state index is 0.0519. The summed E-state index contributed by atoms with van der Waals surface area (Å²) in [6.07, 6.45) is 5.17. The van der Waals surface area contributed by atoms with Gasteiger partial charge in [-0.3, -0.25) is 4.79 Å². The van der Waals surface area contributed by atoms with Gasteiger partial charge >= 0.3 is 0 Å². The zero-order valence-electron chi connectivity index (χ0n) is 13.0. The van der Waals surface area contributed by atoms with Gasteiger partial charge in [-0.15, -0.1) is 0 Å². The molecule has 1 saturated heterocycles. The molecule has 2 fully saturated rings. The summed E-state index contributed by atoms with van der Waals surface area (Å²) in [4.78, 5) is 14.2. The largest absolute Gasteiger partial charge is 0.493 e. The second-order valence-electron chi connectivity index (χ2n) is 6.17. The molecule has 0 bridgehead atoms. The number of amides is 1. The third-order valence-corrected chi connectivity index (χ3v) is 5.27. The number of rotatable bonds is 3. The van der Waals surface area contributed by atoms with Crippen molar-refractivity contribution in [2.45, 2.75) is 43.6 Å². The Kier molecular flexibility index (Phi) is 3.56. The number of fused-ring (bicyclic) bond motifs is 1. The van der Waals surface area contributed by atoms with Crippen molar-refractivity contribution in [1.29, 1.82) is 0 Å². The Labute approximate surface area is 126 Å². The van der Waals surface area contributed by atoms with E-state index in [-0.39, 0.29) is 11.3 Å². The van der Waals surface area contributed by atoms with Crippen LogP contribution in [0.25, 0.3) is 0 Å². The fourth-order valence-electron chi connectivity index (χ4n) is 4.14. The monoisotopic (exact) mass is 289 g/mol. The summed E-state index contributed by atoms with van der Waals surface area (Å²) in [7, 11) is 5.25. The van der Waals surface area contributed by atoms with E-state index in [0.29, 0.717) is 12.5 Å². The van der Waals surface area contributed by atoms with Gasteiger partial charge < -0.3 is 14.4 Å². The Morgan fingerprint density at radius 1 is 1.19 bits per heavy atom. The minimum Gasteiger partial charge on any atom is -0.493 e. The highest BCUT2D eigenvalue weighted by Crippen LogP contribution is 2.50. The molecule has 1 heterocycles. The van der Waals surface area contributed by atoms with Crippen molar-refractivity contribution in [2.24, 2.45) is 0 Å². The van der Waals surface area contributed by atoms with Gasteiger partial charge in [0.25, 0.3) is 0 Å². The van der Waals surface area contributed by atoms with Crippen LogP contribution in [-0.4, -0.2) is 38.1 Å². The number of nitrogens with zero attached hydrogens (tertiary/aromatic N) is 1. The highest BCUT2D eigenvalue weighted by atomic mass is 16.5. The van der Waals surface area contributed by atoms with Crippen molar-refractivity contribution in [1.82, 2.24) is 4.90 Å². The smallest absolute Gasteiger partial charge is 0.223 e. The van der Waals surface area contributed by atoms with Crippen LogP contribution in [0.2, 0.25) is 0 Å². The first kappa shape index (κ1) is 14.2. The molecule has 1 amide bonds. The van der Waals surface area contributed by atoms with Gasteiger partial charge in [0, 0.05) is 24.9 Å². The van der Waals surface area contributed by atoms with E-state index in [9.17, 15) is 4.79 Å². The maximum Gasteiger partial charge on any atom is 0.223 e. The van der Waals surface area contributed by atoms with Crippen molar-refractivity contribution in [2.75, 3.05) is 21.3 Å². The first-order chi connectivity index (χ1) is 10.1. The number of benzene rings is 1. The highest BCUT2D eigenvalue weighted by Gasteiger charge is 2.52. The number of methoxy groups -OCH3 is 2. The fourth-order valence-corrected chi connectivity index (χ4v) is 4.14. The summed E-state index contributed by atoms with van der Waals surface area (Å²) >= 11 is 0. The molecule has 4 nitrogen and oxygen atoms in total. The number of ether oxygens (including phenoxy) is 2. The van der Waals surface area contributed by atoms with Gasteiger partial charge in [-0.1, -0.05) is 18.9 Å². The zero-order valence-corrected chi connectivity index (χ0v) is 13.0. The topological polar surface area (TPSA) is 38.8 Å². The summed E-state index contributed by atoms with van der Waals surface area (Å²) in [6, 6.07) is 6.43. The van der Waals surface area contributed by atoms with Gasteiger partial charge in [0.15, 0.2) is 11.5 Å².